The standard InChI is InChI=1S/C17H20O3/c1-12(13-6-3-2-4-7-13)16-17(20-11-10-19-16)14-8-5-9-15(14)18/h2-4,6-7,12,14H,5,8-11H2,1H3. The Labute approximate surface area is 119 Å². The van der Waals surface area contributed by atoms with Crippen LogP contribution in [0.3, 0.4) is 0 Å². The van der Waals surface area contributed by atoms with Crippen molar-refractivity contribution in [2.24, 2.45) is 5.92 Å². The van der Waals surface area contributed by atoms with Crippen LogP contribution in [-0.2, 0) is 14.3 Å². The predicted molar refractivity (Wildman–Crippen MR) is 76.1 cm³/mol. The third-order valence-electron chi connectivity index (χ3n) is 4.16. The number of Topliss-reactive ketones (excluding diaryl/α,β-unsaturated/α-hetero) is 1. The van der Waals surface area contributed by atoms with Crippen LogP contribution in [0.5, 0.6) is 0 Å². The molecular formula is C17H20O3. The largest absolute Gasteiger partial charge is 0.490 e. The van der Waals surface area contributed by atoms with Gasteiger partial charge in [-0.15, -0.1) is 0 Å². The molecule has 1 aromatic carbocycles. The van der Waals surface area contributed by atoms with E-state index in [-0.39, 0.29) is 11.8 Å². The van der Waals surface area contributed by atoms with Crippen LogP contribution in [-0.4, -0.2) is 19.0 Å². The minimum absolute atomic E-state index is 0.0866. The molecule has 2 atom stereocenters. The van der Waals surface area contributed by atoms with Crippen LogP contribution < -0.4 is 0 Å². The molecule has 0 N–H and O–H groups in total. The lowest BCUT2D eigenvalue weighted by molar-refractivity contribution is -0.121. The summed E-state index contributed by atoms with van der Waals surface area (Å²) in [7, 11) is 0. The molecule has 0 radical (unpaired) electrons. The fraction of sp³-hybridized carbons (Fsp3) is 0.471. The highest BCUT2D eigenvalue weighted by atomic mass is 16.6. The zero-order chi connectivity index (χ0) is 13.9. The number of carbonyl (C=O) groups is 1. The second-order valence-corrected chi connectivity index (χ2v) is 5.47. The zero-order valence-electron chi connectivity index (χ0n) is 11.8. The first-order chi connectivity index (χ1) is 9.77. The monoisotopic (exact) mass is 272 g/mol. The van der Waals surface area contributed by atoms with Gasteiger partial charge in [0.25, 0.3) is 0 Å². The Morgan fingerprint density at radius 2 is 1.90 bits per heavy atom. The highest BCUT2D eigenvalue weighted by Crippen LogP contribution is 2.37. The van der Waals surface area contributed by atoms with Gasteiger partial charge in [-0.25, -0.2) is 0 Å². The van der Waals surface area contributed by atoms with Gasteiger partial charge in [-0.05, 0) is 18.4 Å². The fourth-order valence-electron chi connectivity index (χ4n) is 3.04. The van der Waals surface area contributed by atoms with Crippen LogP contribution in [0.1, 0.15) is 37.7 Å². The van der Waals surface area contributed by atoms with Crippen LogP contribution >= 0.6 is 0 Å². The quantitative estimate of drug-likeness (QED) is 0.845. The van der Waals surface area contributed by atoms with Gasteiger partial charge in [0.2, 0.25) is 0 Å². The van der Waals surface area contributed by atoms with E-state index in [9.17, 15) is 4.79 Å². The van der Waals surface area contributed by atoms with Gasteiger partial charge in [-0.2, -0.15) is 0 Å². The van der Waals surface area contributed by atoms with E-state index < -0.39 is 0 Å². The topological polar surface area (TPSA) is 35.5 Å². The summed E-state index contributed by atoms with van der Waals surface area (Å²) >= 11 is 0. The molecule has 1 fully saturated rings. The second kappa shape index (κ2) is 5.70. The van der Waals surface area contributed by atoms with E-state index in [1.165, 1.54) is 5.56 Å². The molecule has 0 aromatic heterocycles. The lowest BCUT2D eigenvalue weighted by atomic mass is 9.93. The van der Waals surface area contributed by atoms with E-state index in [0.717, 1.165) is 24.4 Å². The van der Waals surface area contributed by atoms with Crippen molar-refractivity contribution in [2.75, 3.05) is 13.2 Å². The highest BCUT2D eigenvalue weighted by molar-refractivity contribution is 5.85. The van der Waals surface area contributed by atoms with E-state index in [1.807, 2.05) is 18.2 Å². The number of ketones is 1. The second-order valence-electron chi connectivity index (χ2n) is 5.47. The number of ether oxygens (including phenoxy) is 2. The van der Waals surface area contributed by atoms with Gasteiger partial charge in [0.15, 0.2) is 0 Å². The molecule has 1 aromatic rings. The molecule has 2 aliphatic rings. The van der Waals surface area contributed by atoms with Gasteiger partial charge in [0.05, 0.1) is 5.92 Å². The molecule has 2 unspecified atom stereocenters. The zero-order valence-corrected chi connectivity index (χ0v) is 11.8. The molecule has 0 bridgehead atoms. The summed E-state index contributed by atoms with van der Waals surface area (Å²) in [6.45, 7) is 3.22. The molecule has 1 aliphatic heterocycles. The molecule has 3 heteroatoms. The summed E-state index contributed by atoms with van der Waals surface area (Å²) < 4.78 is 11.7. The minimum atomic E-state index is -0.0866. The third-order valence-corrected chi connectivity index (χ3v) is 4.16. The number of hydrogen-bond donors (Lipinski definition) is 0. The van der Waals surface area contributed by atoms with Crippen molar-refractivity contribution >= 4 is 5.78 Å². The van der Waals surface area contributed by atoms with Gasteiger partial charge in [0, 0.05) is 12.3 Å². The Morgan fingerprint density at radius 3 is 2.60 bits per heavy atom. The lowest BCUT2D eigenvalue weighted by Crippen LogP contribution is -2.24. The summed E-state index contributed by atoms with van der Waals surface area (Å²) in [4.78, 5) is 12.0. The molecular weight excluding hydrogens is 252 g/mol. The van der Waals surface area contributed by atoms with Crippen molar-refractivity contribution in [1.82, 2.24) is 0 Å². The lowest BCUT2D eigenvalue weighted by Gasteiger charge is -2.28. The van der Waals surface area contributed by atoms with Crippen LogP contribution in [0.4, 0.5) is 0 Å². The first kappa shape index (κ1) is 13.2. The number of allylic oxidation sites excluding steroid dienone is 2. The van der Waals surface area contributed by atoms with Crippen molar-refractivity contribution in [2.45, 2.75) is 32.1 Å². The smallest absolute Gasteiger partial charge is 0.145 e. The predicted octanol–water partition coefficient (Wildman–Crippen LogP) is 3.42. The van der Waals surface area contributed by atoms with Gasteiger partial charge in [-0.3, -0.25) is 4.79 Å². The Hall–Kier alpha value is -1.77. The maximum atomic E-state index is 12.0. The highest BCUT2D eigenvalue weighted by Gasteiger charge is 2.35. The molecule has 20 heavy (non-hydrogen) atoms. The molecule has 1 aliphatic carbocycles. The van der Waals surface area contributed by atoms with Crippen LogP contribution in [0.15, 0.2) is 41.9 Å². The molecule has 0 saturated heterocycles. The SMILES string of the molecule is CC(C1=C(C2CCCC2=O)OCCO1)c1ccccc1. The summed E-state index contributed by atoms with van der Waals surface area (Å²) in [6.07, 6.45) is 2.52. The van der Waals surface area contributed by atoms with Gasteiger partial charge >= 0.3 is 0 Å². The molecule has 0 amide bonds. The van der Waals surface area contributed by atoms with Gasteiger partial charge in [0.1, 0.15) is 30.5 Å². The van der Waals surface area contributed by atoms with Crippen LogP contribution in [0, 0.1) is 5.92 Å². The molecule has 0 spiro atoms. The van der Waals surface area contributed by atoms with Crippen molar-refractivity contribution in [3.05, 3.63) is 47.4 Å². The van der Waals surface area contributed by atoms with E-state index in [2.05, 4.69) is 19.1 Å². The minimum Gasteiger partial charge on any atom is -0.490 e. The maximum absolute atomic E-state index is 12.0. The van der Waals surface area contributed by atoms with Crippen molar-refractivity contribution in [3.63, 3.8) is 0 Å². The number of rotatable bonds is 3. The summed E-state index contributed by atoms with van der Waals surface area (Å²) in [5.41, 5.74) is 1.19. The Bertz CT molecular complexity index is 518. The van der Waals surface area contributed by atoms with E-state index in [0.29, 0.717) is 25.4 Å². The maximum Gasteiger partial charge on any atom is 0.145 e. The molecule has 3 rings (SSSR count). The Morgan fingerprint density at radius 1 is 1.15 bits per heavy atom. The average Bonchev–Trinajstić information content (AvgIpc) is 2.93. The van der Waals surface area contributed by atoms with Crippen LogP contribution in [0.2, 0.25) is 0 Å². The van der Waals surface area contributed by atoms with E-state index >= 15 is 0 Å². The van der Waals surface area contributed by atoms with E-state index in [4.69, 9.17) is 9.47 Å². The molecule has 106 valence electrons. The number of carbonyl (C=O) groups excluding carboxylic acids is 1. The normalized spacial score (nSPS) is 24.2. The first-order valence-electron chi connectivity index (χ1n) is 7.34. The van der Waals surface area contributed by atoms with E-state index in [1.54, 1.807) is 0 Å². The summed E-state index contributed by atoms with van der Waals surface area (Å²) in [6, 6.07) is 10.2. The van der Waals surface area contributed by atoms with Crippen LogP contribution in [0.25, 0.3) is 0 Å². The molecule has 1 saturated carbocycles. The van der Waals surface area contributed by atoms with Crippen molar-refractivity contribution in [3.8, 4) is 0 Å². The number of hydrogen-bond acceptors (Lipinski definition) is 3. The third kappa shape index (κ3) is 2.45. The molecule has 1 heterocycles. The Kier molecular flexibility index (Phi) is 3.77. The summed E-state index contributed by atoms with van der Waals surface area (Å²) in [5.74, 6) is 1.97. The average molecular weight is 272 g/mol. The van der Waals surface area contributed by atoms with Crippen molar-refractivity contribution < 1.29 is 14.3 Å². The van der Waals surface area contributed by atoms with Gasteiger partial charge in [-0.1, -0.05) is 37.3 Å². The number of benzene rings is 1. The molecule has 3 nitrogen and oxygen atoms in total. The fourth-order valence-corrected chi connectivity index (χ4v) is 3.04. The van der Waals surface area contributed by atoms with Crippen molar-refractivity contribution in [1.29, 1.82) is 0 Å². The Balaban J connectivity index is 1.94. The summed E-state index contributed by atoms with van der Waals surface area (Å²) in [5, 5.41) is 0. The first-order valence-corrected chi connectivity index (χ1v) is 7.34. The van der Waals surface area contributed by atoms with Gasteiger partial charge < -0.3 is 9.47 Å².